The second kappa shape index (κ2) is 10.0. The first-order valence-electron chi connectivity index (χ1n) is 11.1. The zero-order chi connectivity index (χ0) is 22.7. The number of nitrogens with zero attached hydrogens (tertiary/aromatic N) is 3. The molecule has 2 aliphatic rings. The summed E-state index contributed by atoms with van der Waals surface area (Å²) in [4.78, 5) is 20.2. The van der Waals surface area contributed by atoms with E-state index in [9.17, 15) is 0 Å². The molecule has 6 heterocycles. The van der Waals surface area contributed by atoms with Gasteiger partial charge in [-0.25, -0.2) is 9.97 Å². The van der Waals surface area contributed by atoms with E-state index in [1.807, 2.05) is 79.0 Å². The van der Waals surface area contributed by atoms with Crippen LogP contribution in [0.1, 0.15) is 22.8 Å². The van der Waals surface area contributed by atoms with Gasteiger partial charge < -0.3 is 9.97 Å². The Kier molecular flexibility index (Phi) is 6.51. The first-order valence-corrected chi connectivity index (χ1v) is 11.1. The van der Waals surface area contributed by atoms with Crippen LogP contribution >= 0.6 is 0 Å². The number of benzene rings is 1. The molecule has 4 aromatic heterocycles. The van der Waals surface area contributed by atoms with E-state index in [-0.39, 0.29) is 21.1 Å². The average Bonchev–Trinajstić information content (AvgIpc) is 3.66. The third-order valence-corrected chi connectivity index (χ3v) is 5.55. The molecule has 5 aromatic rings. The maximum Gasteiger partial charge on any atom is 0.0701 e. The van der Waals surface area contributed by atoms with Crippen molar-refractivity contribution in [1.29, 1.82) is 0 Å². The van der Waals surface area contributed by atoms with Crippen LogP contribution in [-0.2, 0) is 21.1 Å². The van der Waals surface area contributed by atoms with E-state index in [2.05, 4.69) is 61.3 Å². The summed E-state index contributed by atoms with van der Waals surface area (Å²) in [6.45, 7) is 0. The number of aromatic amines is 2. The van der Waals surface area contributed by atoms with E-state index in [1.165, 1.54) is 5.39 Å². The Morgan fingerprint density at radius 2 is 0.914 bits per heavy atom. The Morgan fingerprint density at radius 1 is 0.486 bits per heavy atom. The van der Waals surface area contributed by atoms with E-state index in [1.54, 1.807) is 0 Å². The Balaban J connectivity index is 0.000000194. The van der Waals surface area contributed by atoms with Gasteiger partial charge >= 0.3 is 0 Å². The first kappa shape index (κ1) is 22.7. The molecule has 172 valence electrons. The molecule has 2 aliphatic heterocycles. The Bertz CT molecular complexity index is 1490. The zero-order valence-electron chi connectivity index (χ0n) is 18.6. The molecule has 35 heavy (non-hydrogen) atoms. The molecule has 7 rings (SSSR count). The minimum atomic E-state index is 0. The van der Waals surface area contributed by atoms with Crippen LogP contribution in [-0.4, -0.2) is 24.9 Å². The smallest absolute Gasteiger partial charge is 0.0701 e. The molecule has 0 unspecified atom stereocenters. The first-order chi connectivity index (χ1) is 16.8. The van der Waals surface area contributed by atoms with E-state index in [0.717, 1.165) is 50.4 Å². The van der Waals surface area contributed by atoms with Gasteiger partial charge in [-0.2, -0.15) is 0 Å². The van der Waals surface area contributed by atoms with E-state index in [4.69, 9.17) is 0 Å². The maximum atomic E-state index is 4.63. The van der Waals surface area contributed by atoms with Crippen molar-refractivity contribution in [2.24, 2.45) is 0 Å². The Labute approximate surface area is 216 Å². The molecular formula is C29H21N5Pt. The Morgan fingerprint density at radius 3 is 1.37 bits per heavy atom. The van der Waals surface area contributed by atoms with Gasteiger partial charge in [0.05, 0.1) is 28.3 Å². The van der Waals surface area contributed by atoms with Gasteiger partial charge in [0.15, 0.2) is 0 Å². The quantitative estimate of drug-likeness (QED) is 0.191. The molecule has 0 radical (unpaired) electrons. The van der Waals surface area contributed by atoms with Gasteiger partial charge in [0.2, 0.25) is 0 Å². The average molecular weight is 635 g/mol. The van der Waals surface area contributed by atoms with E-state index < -0.39 is 0 Å². The van der Waals surface area contributed by atoms with Crippen LogP contribution in [0.2, 0.25) is 0 Å². The predicted octanol–water partition coefficient (Wildman–Crippen LogP) is 6.89. The molecular weight excluding hydrogens is 613 g/mol. The largest absolute Gasteiger partial charge is 0.355 e. The summed E-state index contributed by atoms with van der Waals surface area (Å²) in [6, 6.07) is 28.4. The maximum absolute atomic E-state index is 4.63. The molecule has 0 amide bonds. The van der Waals surface area contributed by atoms with Crippen LogP contribution in [0.4, 0.5) is 0 Å². The third kappa shape index (κ3) is 5.37. The fraction of sp³-hybridized carbons (Fsp3) is 0. The number of para-hydroxylation sites is 1. The fourth-order valence-electron chi connectivity index (χ4n) is 3.96. The van der Waals surface area contributed by atoms with Crippen molar-refractivity contribution < 1.29 is 21.1 Å². The van der Waals surface area contributed by atoms with Crippen LogP contribution in [0.5, 0.6) is 0 Å². The standard InChI is InChI=1S/C20H14N4.C9H7N.Pt/c1-2-14-10-16-5-6-18(23-16)12-20-8-7-19(24-20)11-17-4-3-15(22-17)9-13(1)21-14;1-2-6-9-8(4-1)5-3-7-10-9;/h1-12,21,24H;1-7H;. The molecule has 6 heteroatoms. The predicted molar refractivity (Wildman–Crippen MR) is 141 cm³/mol. The van der Waals surface area contributed by atoms with E-state index >= 15 is 0 Å². The molecule has 0 spiro atoms. The summed E-state index contributed by atoms with van der Waals surface area (Å²) < 4.78 is 0. The van der Waals surface area contributed by atoms with Gasteiger partial charge in [0.1, 0.15) is 0 Å². The number of aromatic nitrogens is 5. The van der Waals surface area contributed by atoms with Gasteiger partial charge in [0, 0.05) is 54.7 Å². The second-order valence-corrected chi connectivity index (χ2v) is 8.10. The number of hydrogen-bond acceptors (Lipinski definition) is 3. The topological polar surface area (TPSA) is 70.2 Å². The molecule has 5 nitrogen and oxygen atoms in total. The molecule has 1 aromatic carbocycles. The van der Waals surface area contributed by atoms with Gasteiger partial charge in [-0.15, -0.1) is 0 Å². The van der Waals surface area contributed by atoms with Crippen molar-refractivity contribution in [3.63, 3.8) is 0 Å². The summed E-state index contributed by atoms with van der Waals surface area (Å²) in [7, 11) is 0. The minimum absolute atomic E-state index is 0. The SMILES string of the molecule is C1=Cc2cc3ccc(cc4nc(cc5ccc(cc1n2)[nH]5)C=C4)[nH]3.[Pt].c1ccc2ncccc2c1. The summed E-state index contributed by atoms with van der Waals surface area (Å²) in [5.74, 6) is 0. The van der Waals surface area contributed by atoms with Crippen molar-refractivity contribution in [3.8, 4) is 0 Å². The van der Waals surface area contributed by atoms with Crippen molar-refractivity contribution in [2.75, 3.05) is 0 Å². The molecule has 0 saturated carbocycles. The van der Waals surface area contributed by atoms with Crippen molar-refractivity contribution in [3.05, 3.63) is 114 Å². The zero-order valence-corrected chi connectivity index (χ0v) is 20.9. The van der Waals surface area contributed by atoms with Gasteiger partial charge in [0.25, 0.3) is 0 Å². The Hall–Kier alpha value is -4.08. The van der Waals surface area contributed by atoms with Crippen LogP contribution in [0.25, 0.3) is 57.3 Å². The third-order valence-electron chi connectivity index (χ3n) is 5.55. The molecule has 0 aliphatic carbocycles. The molecule has 2 N–H and O–H groups in total. The van der Waals surface area contributed by atoms with Crippen LogP contribution in [0.3, 0.4) is 0 Å². The van der Waals surface area contributed by atoms with Crippen molar-refractivity contribution in [2.45, 2.75) is 0 Å². The fourth-order valence-corrected chi connectivity index (χ4v) is 3.96. The molecule has 0 saturated heterocycles. The van der Waals surface area contributed by atoms with Crippen LogP contribution < -0.4 is 0 Å². The van der Waals surface area contributed by atoms with Crippen molar-refractivity contribution >= 4 is 57.3 Å². The number of pyridine rings is 1. The molecule has 0 fully saturated rings. The van der Waals surface area contributed by atoms with Crippen LogP contribution in [0.15, 0.2) is 91.1 Å². The van der Waals surface area contributed by atoms with Gasteiger partial charge in [-0.3, -0.25) is 4.98 Å². The van der Waals surface area contributed by atoms with E-state index in [0.29, 0.717) is 0 Å². The minimum Gasteiger partial charge on any atom is -0.355 e. The van der Waals surface area contributed by atoms with Gasteiger partial charge in [-0.05, 0) is 85.0 Å². The van der Waals surface area contributed by atoms with Gasteiger partial charge in [-0.1, -0.05) is 24.3 Å². The normalized spacial score (nSPS) is 11.5. The summed E-state index contributed by atoms with van der Waals surface area (Å²) in [5, 5.41) is 1.20. The number of H-pyrrole nitrogens is 2. The monoisotopic (exact) mass is 634 g/mol. The number of rotatable bonds is 0. The summed E-state index contributed by atoms with van der Waals surface area (Å²) in [6.07, 6.45) is 9.90. The number of hydrogen-bond donors (Lipinski definition) is 2. The number of fused-ring (bicyclic) bond motifs is 9. The summed E-state index contributed by atoms with van der Waals surface area (Å²) in [5.41, 5.74) is 8.92. The molecule has 8 bridgehead atoms. The molecule has 0 atom stereocenters. The van der Waals surface area contributed by atoms with Crippen molar-refractivity contribution in [1.82, 2.24) is 24.9 Å². The summed E-state index contributed by atoms with van der Waals surface area (Å²) >= 11 is 0. The number of nitrogens with one attached hydrogen (secondary N) is 2. The van der Waals surface area contributed by atoms with Crippen LogP contribution in [0, 0.1) is 0 Å². The second-order valence-electron chi connectivity index (χ2n) is 8.10.